The number of carbonyl (C=O) groups is 1. The summed E-state index contributed by atoms with van der Waals surface area (Å²) in [7, 11) is 1.40. The molecular weight excluding hydrogens is 343 g/mol. The maximum Gasteiger partial charge on any atom is 0.341 e. The molecule has 1 saturated carbocycles. The topological polar surface area (TPSA) is 35.5 Å². The molecule has 0 saturated heterocycles. The third-order valence-electron chi connectivity index (χ3n) is 3.35. The number of hydrogen-bond donors (Lipinski definition) is 0. The summed E-state index contributed by atoms with van der Waals surface area (Å²) in [6.45, 7) is 2.45. The van der Waals surface area contributed by atoms with Crippen molar-refractivity contribution in [3.8, 4) is 5.75 Å². The maximum absolute atomic E-state index is 11.8. The number of rotatable bonds is 4. The van der Waals surface area contributed by atoms with Crippen LogP contribution in [0.4, 0.5) is 0 Å². The second-order valence-corrected chi connectivity index (χ2v) is 5.58. The zero-order valence-electron chi connectivity index (χ0n) is 10.7. The van der Waals surface area contributed by atoms with Gasteiger partial charge < -0.3 is 9.47 Å². The van der Waals surface area contributed by atoms with Gasteiger partial charge in [-0.25, -0.2) is 4.79 Å². The van der Waals surface area contributed by atoms with Gasteiger partial charge in [-0.15, -0.1) is 0 Å². The van der Waals surface area contributed by atoms with Crippen molar-refractivity contribution in [2.45, 2.75) is 32.1 Å². The fourth-order valence-corrected chi connectivity index (χ4v) is 3.03. The van der Waals surface area contributed by atoms with Gasteiger partial charge in [0.1, 0.15) is 11.3 Å². The van der Waals surface area contributed by atoms with E-state index >= 15 is 0 Å². The first kappa shape index (κ1) is 13.6. The molecule has 0 aromatic heterocycles. The van der Waals surface area contributed by atoms with Crippen molar-refractivity contribution in [1.29, 1.82) is 0 Å². The molecule has 0 radical (unpaired) electrons. The molecule has 1 fully saturated rings. The van der Waals surface area contributed by atoms with Crippen molar-refractivity contribution in [1.82, 2.24) is 0 Å². The SMILES string of the molecule is CCOc1cc(I)c(C2CCC2)cc1C(=O)OC. The van der Waals surface area contributed by atoms with Gasteiger partial charge in [0.25, 0.3) is 0 Å². The quantitative estimate of drug-likeness (QED) is 0.606. The van der Waals surface area contributed by atoms with Crippen LogP contribution in [0.3, 0.4) is 0 Å². The summed E-state index contributed by atoms with van der Waals surface area (Å²) < 4.78 is 11.5. The predicted molar refractivity (Wildman–Crippen MR) is 78.3 cm³/mol. The summed E-state index contributed by atoms with van der Waals surface area (Å²) in [6, 6.07) is 3.90. The van der Waals surface area contributed by atoms with Crippen LogP contribution in [0.25, 0.3) is 0 Å². The van der Waals surface area contributed by atoms with E-state index in [-0.39, 0.29) is 5.97 Å². The zero-order valence-corrected chi connectivity index (χ0v) is 12.8. The Labute approximate surface area is 121 Å². The molecule has 0 aliphatic heterocycles. The van der Waals surface area contributed by atoms with Gasteiger partial charge in [0.05, 0.1) is 13.7 Å². The van der Waals surface area contributed by atoms with E-state index in [2.05, 4.69) is 22.6 Å². The molecule has 1 aromatic rings. The first-order valence-electron chi connectivity index (χ1n) is 6.22. The predicted octanol–water partition coefficient (Wildman–Crippen LogP) is 3.74. The van der Waals surface area contributed by atoms with E-state index in [9.17, 15) is 4.79 Å². The van der Waals surface area contributed by atoms with Crippen LogP contribution >= 0.6 is 22.6 Å². The Hall–Kier alpha value is -0.780. The van der Waals surface area contributed by atoms with Crippen molar-refractivity contribution in [2.75, 3.05) is 13.7 Å². The Balaban J connectivity index is 2.41. The third kappa shape index (κ3) is 2.63. The zero-order chi connectivity index (χ0) is 13.1. The minimum atomic E-state index is -0.324. The van der Waals surface area contributed by atoms with Crippen molar-refractivity contribution >= 4 is 28.6 Å². The summed E-state index contributed by atoms with van der Waals surface area (Å²) in [4.78, 5) is 11.8. The van der Waals surface area contributed by atoms with E-state index in [1.165, 1.54) is 35.5 Å². The molecule has 0 spiro atoms. The summed E-state index contributed by atoms with van der Waals surface area (Å²) in [5, 5.41) is 0. The monoisotopic (exact) mass is 360 g/mol. The molecule has 1 aliphatic rings. The van der Waals surface area contributed by atoms with Crippen LogP contribution in [0.1, 0.15) is 48.0 Å². The number of esters is 1. The Bertz CT molecular complexity index is 453. The Morgan fingerprint density at radius 2 is 2.17 bits per heavy atom. The lowest BCUT2D eigenvalue weighted by Crippen LogP contribution is -2.13. The standard InChI is InChI=1S/C14H17IO3/c1-3-18-13-8-12(15)10(9-5-4-6-9)7-11(13)14(16)17-2/h7-9H,3-6H2,1-2H3. The van der Waals surface area contributed by atoms with Gasteiger partial charge in [-0.3, -0.25) is 0 Å². The van der Waals surface area contributed by atoms with Crippen molar-refractivity contribution in [3.63, 3.8) is 0 Å². The second-order valence-electron chi connectivity index (χ2n) is 4.42. The smallest absolute Gasteiger partial charge is 0.341 e. The molecule has 0 unspecified atom stereocenters. The summed E-state index contributed by atoms with van der Waals surface area (Å²) in [6.07, 6.45) is 3.71. The first-order chi connectivity index (χ1) is 8.67. The highest BCUT2D eigenvalue weighted by Crippen LogP contribution is 2.40. The first-order valence-corrected chi connectivity index (χ1v) is 7.29. The molecule has 0 bridgehead atoms. The summed E-state index contributed by atoms with van der Waals surface area (Å²) >= 11 is 2.32. The molecule has 4 heteroatoms. The van der Waals surface area contributed by atoms with Crippen molar-refractivity contribution in [3.05, 3.63) is 26.8 Å². The second kappa shape index (κ2) is 5.91. The Morgan fingerprint density at radius 3 is 2.67 bits per heavy atom. The van der Waals surface area contributed by atoms with Gasteiger partial charge in [0.2, 0.25) is 0 Å². The number of benzene rings is 1. The lowest BCUT2D eigenvalue weighted by molar-refractivity contribution is 0.0596. The Kier molecular flexibility index (Phi) is 4.48. The average molecular weight is 360 g/mol. The van der Waals surface area contributed by atoms with Gasteiger partial charge in [-0.1, -0.05) is 6.42 Å². The third-order valence-corrected chi connectivity index (χ3v) is 4.28. The van der Waals surface area contributed by atoms with Crippen LogP contribution in [0.5, 0.6) is 5.75 Å². The van der Waals surface area contributed by atoms with Gasteiger partial charge in [0, 0.05) is 3.57 Å². The number of methoxy groups -OCH3 is 1. The molecule has 2 rings (SSSR count). The molecule has 0 atom stereocenters. The maximum atomic E-state index is 11.8. The molecular formula is C14H17IO3. The molecule has 1 aliphatic carbocycles. The highest BCUT2D eigenvalue weighted by atomic mass is 127. The van der Waals surface area contributed by atoms with E-state index in [4.69, 9.17) is 9.47 Å². The van der Waals surface area contributed by atoms with Gasteiger partial charge in [-0.2, -0.15) is 0 Å². The van der Waals surface area contributed by atoms with Gasteiger partial charge in [-0.05, 0) is 66.0 Å². The highest BCUT2D eigenvalue weighted by molar-refractivity contribution is 14.1. The van der Waals surface area contributed by atoms with Crippen LogP contribution in [0.15, 0.2) is 12.1 Å². The van der Waals surface area contributed by atoms with Crippen LogP contribution in [0, 0.1) is 3.57 Å². The molecule has 18 heavy (non-hydrogen) atoms. The number of halogens is 1. The fraction of sp³-hybridized carbons (Fsp3) is 0.500. The number of hydrogen-bond acceptors (Lipinski definition) is 3. The molecule has 0 N–H and O–H groups in total. The van der Waals surface area contributed by atoms with Crippen LogP contribution in [0.2, 0.25) is 0 Å². The largest absolute Gasteiger partial charge is 0.493 e. The fourth-order valence-electron chi connectivity index (χ4n) is 2.15. The lowest BCUT2D eigenvalue weighted by Gasteiger charge is -2.27. The van der Waals surface area contributed by atoms with Gasteiger partial charge in [0.15, 0.2) is 0 Å². The van der Waals surface area contributed by atoms with E-state index < -0.39 is 0 Å². The highest BCUT2D eigenvalue weighted by Gasteiger charge is 2.25. The van der Waals surface area contributed by atoms with Crippen molar-refractivity contribution in [2.24, 2.45) is 0 Å². The van der Waals surface area contributed by atoms with Crippen LogP contribution < -0.4 is 4.74 Å². The molecule has 3 nitrogen and oxygen atoms in total. The molecule has 0 amide bonds. The molecule has 0 heterocycles. The minimum Gasteiger partial charge on any atom is -0.493 e. The normalized spacial score (nSPS) is 15.1. The molecule has 98 valence electrons. The Morgan fingerprint density at radius 1 is 1.44 bits per heavy atom. The summed E-state index contributed by atoms with van der Waals surface area (Å²) in [5.74, 6) is 0.892. The average Bonchev–Trinajstić information content (AvgIpc) is 2.29. The minimum absolute atomic E-state index is 0.324. The molecule has 1 aromatic carbocycles. The van der Waals surface area contributed by atoms with Gasteiger partial charge >= 0.3 is 5.97 Å². The van der Waals surface area contributed by atoms with Crippen molar-refractivity contribution < 1.29 is 14.3 Å². The number of ether oxygens (including phenoxy) is 2. The van der Waals surface area contributed by atoms with Crippen LogP contribution in [-0.4, -0.2) is 19.7 Å². The summed E-state index contributed by atoms with van der Waals surface area (Å²) in [5.41, 5.74) is 1.80. The lowest BCUT2D eigenvalue weighted by atomic mass is 9.79. The number of carbonyl (C=O) groups excluding carboxylic acids is 1. The van der Waals surface area contributed by atoms with E-state index in [0.717, 1.165) is 0 Å². The van der Waals surface area contributed by atoms with E-state index in [1.807, 2.05) is 19.1 Å². The van der Waals surface area contributed by atoms with E-state index in [1.54, 1.807) is 0 Å². The van der Waals surface area contributed by atoms with E-state index in [0.29, 0.717) is 23.8 Å². The van der Waals surface area contributed by atoms with Crippen LogP contribution in [-0.2, 0) is 4.74 Å².